The third kappa shape index (κ3) is 6.94. The molecule has 2 amide bonds. The van der Waals surface area contributed by atoms with Gasteiger partial charge in [-0.15, -0.1) is 0 Å². The number of benzene rings is 2. The first-order valence-electron chi connectivity index (χ1n) is 11.7. The lowest BCUT2D eigenvalue weighted by atomic mass is 10.2. The molecule has 2 saturated heterocycles. The fourth-order valence-electron chi connectivity index (χ4n) is 3.56. The molecule has 0 atom stereocenters. The van der Waals surface area contributed by atoms with Crippen LogP contribution in [-0.4, -0.2) is 79.5 Å². The van der Waals surface area contributed by atoms with Crippen molar-refractivity contribution in [2.24, 2.45) is 4.99 Å². The monoisotopic (exact) mass is 495 g/mol. The lowest BCUT2D eigenvalue weighted by Gasteiger charge is -2.26. The largest absolute Gasteiger partial charge is 0.484 e. The van der Waals surface area contributed by atoms with Crippen LogP contribution in [0.3, 0.4) is 0 Å². The van der Waals surface area contributed by atoms with Gasteiger partial charge >= 0.3 is 0 Å². The van der Waals surface area contributed by atoms with Crippen LogP contribution in [0.15, 0.2) is 64.5 Å². The van der Waals surface area contributed by atoms with Crippen molar-refractivity contribution in [2.45, 2.75) is 6.92 Å². The molecule has 2 aromatic rings. The fraction of sp³-hybridized carbons (Fsp3) is 0.346. The summed E-state index contributed by atoms with van der Waals surface area (Å²) in [5, 5.41) is 0.633. The Labute approximate surface area is 209 Å². The van der Waals surface area contributed by atoms with Crippen LogP contribution in [-0.2, 0) is 19.1 Å². The van der Waals surface area contributed by atoms with E-state index in [-0.39, 0.29) is 18.4 Å². The summed E-state index contributed by atoms with van der Waals surface area (Å²) in [6.07, 6.45) is 1.84. The van der Waals surface area contributed by atoms with Gasteiger partial charge in [0.2, 0.25) is 0 Å². The number of amidine groups is 1. The summed E-state index contributed by atoms with van der Waals surface area (Å²) < 4.78 is 16.4. The summed E-state index contributed by atoms with van der Waals surface area (Å²) >= 11 is 1.35. The van der Waals surface area contributed by atoms with Gasteiger partial charge in [0.05, 0.1) is 37.0 Å². The topological polar surface area (TPSA) is 80.7 Å². The van der Waals surface area contributed by atoms with E-state index in [1.54, 1.807) is 21.9 Å². The predicted molar refractivity (Wildman–Crippen MR) is 137 cm³/mol. The quantitative estimate of drug-likeness (QED) is 0.391. The summed E-state index contributed by atoms with van der Waals surface area (Å²) in [4.78, 5) is 34.1. The van der Waals surface area contributed by atoms with Gasteiger partial charge in [0, 0.05) is 19.7 Å². The van der Waals surface area contributed by atoms with Crippen LogP contribution in [0, 0.1) is 0 Å². The molecule has 0 saturated carbocycles. The van der Waals surface area contributed by atoms with Gasteiger partial charge in [-0.1, -0.05) is 30.3 Å². The Balaban J connectivity index is 1.42. The van der Waals surface area contributed by atoms with Crippen molar-refractivity contribution in [3.05, 3.63) is 65.1 Å². The second kappa shape index (κ2) is 12.5. The van der Waals surface area contributed by atoms with E-state index < -0.39 is 0 Å². The van der Waals surface area contributed by atoms with E-state index in [1.807, 2.05) is 55.5 Å². The number of aliphatic imine (C=N–C) groups is 1. The van der Waals surface area contributed by atoms with Gasteiger partial charge < -0.3 is 19.1 Å². The van der Waals surface area contributed by atoms with E-state index in [4.69, 9.17) is 14.2 Å². The zero-order chi connectivity index (χ0) is 24.5. The zero-order valence-electron chi connectivity index (χ0n) is 19.7. The highest BCUT2D eigenvalue weighted by Crippen LogP contribution is 2.34. The standard InChI is InChI=1S/C26H29N3O5S/c1-2-32-17-14-29-25(31)23(35-26(29)27-21-6-4-3-5-7-21)18-20-8-10-22(11-9-20)34-19-24(30)28-12-15-33-16-13-28/h3-11,18H,2,12-17,19H2,1H3/b23-18-,27-26?. The Hall–Kier alpha value is -3.14. The Kier molecular flexibility index (Phi) is 8.94. The van der Waals surface area contributed by atoms with Crippen LogP contribution in [0.4, 0.5) is 5.69 Å². The van der Waals surface area contributed by atoms with Crippen LogP contribution >= 0.6 is 11.8 Å². The van der Waals surface area contributed by atoms with Crippen molar-refractivity contribution in [3.8, 4) is 5.75 Å². The molecule has 4 rings (SSSR count). The lowest BCUT2D eigenvalue weighted by molar-refractivity contribution is -0.137. The summed E-state index contributed by atoms with van der Waals surface area (Å²) in [6.45, 7) is 5.70. The molecule has 2 aliphatic heterocycles. The number of ether oxygens (including phenoxy) is 3. The number of morpholine rings is 1. The molecule has 2 aliphatic rings. The molecule has 0 aliphatic carbocycles. The van der Waals surface area contributed by atoms with Gasteiger partial charge in [-0.25, -0.2) is 4.99 Å². The first-order chi connectivity index (χ1) is 17.1. The molecular formula is C26H29N3O5S. The summed E-state index contributed by atoms with van der Waals surface area (Å²) in [7, 11) is 0. The number of carbonyl (C=O) groups is 2. The molecule has 2 aromatic carbocycles. The number of para-hydroxylation sites is 1. The zero-order valence-corrected chi connectivity index (χ0v) is 20.5. The van der Waals surface area contributed by atoms with E-state index in [9.17, 15) is 9.59 Å². The summed E-state index contributed by atoms with van der Waals surface area (Å²) in [6, 6.07) is 16.9. The van der Waals surface area contributed by atoms with Crippen molar-refractivity contribution in [1.82, 2.24) is 9.80 Å². The highest BCUT2D eigenvalue weighted by Gasteiger charge is 2.33. The van der Waals surface area contributed by atoms with Crippen LogP contribution in [0.5, 0.6) is 5.75 Å². The molecule has 0 spiro atoms. The molecule has 2 fully saturated rings. The molecule has 0 unspecified atom stereocenters. The minimum Gasteiger partial charge on any atom is -0.484 e. The molecule has 8 nitrogen and oxygen atoms in total. The molecule has 35 heavy (non-hydrogen) atoms. The Bertz CT molecular complexity index is 1070. The highest BCUT2D eigenvalue weighted by atomic mass is 32.2. The van der Waals surface area contributed by atoms with E-state index in [0.717, 1.165) is 11.3 Å². The van der Waals surface area contributed by atoms with Crippen molar-refractivity contribution < 1.29 is 23.8 Å². The maximum Gasteiger partial charge on any atom is 0.266 e. The number of carbonyl (C=O) groups excluding carboxylic acids is 2. The van der Waals surface area contributed by atoms with Gasteiger partial charge in [0.25, 0.3) is 11.8 Å². The number of amides is 2. The van der Waals surface area contributed by atoms with Crippen LogP contribution in [0.25, 0.3) is 6.08 Å². The van der Waals surface area contributed by atoms with Gasteiger partial charge in [0.15, 0.2) is 11.8 Å². The van der Waals surface area contributed by atoms with Crippen molar-refractivity contribution in [2.75, 3.05) is 52.7 Å². The molecule has 2 heterocycles. The van der Waals surface area contributed by atoms with E-state index in [2.05, 4.69) is 4.99 Å². The third-order valence-corrected chi connectivity index (χ3v) is 6.44. The van der Waals surface area contributed by atoms with Crippen molar-refractivity contribution in [3.63, 3.8) is 0 Å². The normalized spacial score (nSPS) is 18.5. The van der Waals surface area contributed by atoms with Gasteiger partial charge in [-0.2, -0.15) is 0 Å². The smallest absolute Gasteiger partial charge is 0.266 e. The van der Waals surface area contributed by atoms with Gasteiger partial charge in [0.1, 0.15) is 5.75 Å². The molecular weight excluding hydrogens is 466 g/mol. The number of hydrogen-bond acceptors (Lipinski definition) is 7. The first kappa shape index (κ1) is 25.0. The summed E-state index contributed by atoms with van der Waals surface area (Å²) in [5.41, 5.74) is 1.65. The Morgan fingerprint density at radius 3 is 2.57 bits per heavy atom. The van der Waals surface area contributed by atoms with Gasteiger partial charge in [-0.05, 0) is 54.6 Å². The van der Waals surface area contributed by atoms with E-state index >= 15 is 0 Å². The van der Waals surface area contributed by atoms with Crippen LogP contribution in [0.1, 0.15) is 12.5 Å². The predicted octanol–water partition coefficient (Wildman–Crippen LogP) is 3.56. The minimum absolute atomic E-state index is 0.0110. The third-order valence-electron chi connectivity index (χ3n) is 5.44. The molecule has 9 heteroatoms. The van der Waals surface area contributed by atoms with E-state index in [1.165, 1.54) is 11.8 Å². The number of rotatable bonds is 9. The van der Waals surface area contributed by atoms with Crippen molar-refractivity contribution in [1.29, 1.82) is 0 Å². The average molecular weight is 496 g/mol. The second-order valence-corrected chi connectivity index (χ2v) is 8.85. The van der Waals surface area contributed by atoms with Gasteiger partial charge in [-0.3, -0.25) is 14.5 Å². The molecule has 184 valence electrons. The number of nitrogens with zero attached hydrogens (tertiary/aromatic N) is 3. The van der Waals surface area contributed by atoms with Crippen LogP contribution < -0.4 is 4.74 Å². The second-order valence-electron chi connectivity index (χ2n) is 7.85. The molecule has 0 radical (unpaired) electrons. The van der Waals surface area contributed by atoms with Crippen molar-refractivity contribution >= 4 is 40.5 Å². The first-order valence-corrected chi connectivity index (χ1v) is 12.5. The average Bonchev–Trinajstić information content (AvgIpc) is 3.18. The maximum atomic E-state index is 13.1. The fourth-order valence-corrected chi connectivity index (χ4v) is 4.59. The number of thioether (sulfide) groups is 1. The highest BCUT2D eigenvalue weighted by molar-refractivity contribution is 8.18. The molecule has 0 N–H and O–H groups in total. The van der Waals surface area contributed by atoms with E-state index in [0.29, 0.717) is 61.9 Å². The maximum absolute atomic E-state index is 13.1. The summed E-state index contributed by atoms with van der Waals surface area (Å²) in [5.74, 6) is 0.453. The SMILES string of the molecule is CCOCCN1C(=O)/C(=C/c2ccc(OCC(=O)N3CCOCC3)cc2)SC1=Nc1ccccc1. The molecule has 0 aromatic heterocycles. The van der Waals surface area contributed by atoms with Crippen LogP contribution in [0.2, 0.25) is 0 Å². The lowest BCUT2D eigenvalue weighted by Crippen LogP contribution is -2.42. The molecule has 0 bridgehead atoms. The number of hydrogen-bond donors (Lipinski definition) is 0. The Morgan fingerprint density at radius 1 is 1.11 bits per heavy atom. The Morgan fingerprint density at radius 2 is 1.86 bits per heavy atom. The minimum atomic E-state index is -0.0965.